The van der Waals surface area contributed by atoms with Crippen LogP contribution in [0.1, 0.15) is 36.6 Å². The first-order valence-corrected chi connectivity index (χ1v) is 16.2. The maximum Gasteiger partial charge on any atom is 0.326 e. The molecular formula is C39H35N5O. The number of benzene rings is 4. The van der Waals surface area contributed by atoms with Gasteiger partial charge in [0.05, 0.1) is 27.9 Å². The minimum Gasteiger partial charge on any atom is -0.339 e. The highest BCUT2D eigenvalue weighted by molar-refractivity contribution is 6.18. The number of H-pyrrole nitrogens is 1. The molecular weight excluding hydrogens is 554 g/mol. The predicted octanol–water partition coefficient (Wildman–Crippen LogP) is 7.95. The largest absolute Gasteiger partial charge is 0.339 e. The second kappa shape index (κ2) is 10.6. The highest BCUT2D eigenvalue weighted by Gasteiger charge is 2.26. The summed E-state index contributed by atoms with van der Waals surface area (Å²) in [4.78, 5) is 23.7. The number of pyridine rings is 1. The SMILES string of the molecule is O=c1[nH]c2ccccc2n1C1CCN(Cc2ccc(-c3c(-c4ccccc4)nc4c5c3c3ccccc3n5CCC4)cc2)CC1. The fourth-order valence-corrected chi connectivity index (χ4v) is 7.92. The summed E-state index contributed by atoms with van der Waals surface area (Å²) in [5, 5.41) is 2.64. The molecule has 3 aromatic heterocycles. The number of likely N-dealkylation sites (tertiary alicyclic amines) is 1. The van der Waals surface area contributed by atoms with Crippen LogP contribution in [-0.2, 0) is 19.5 Å². The molecule has 222 valence electrons. The Morgan fingerprint density at radius 1 is 0.756 bits per heavy atom. The van der Waals surface area contributed by atoms with Crippen LogP contribution < -0.4 is 5.69 Å². The van der Waals surface area contributed by atoms with Crippen molar-refractivity contribution in [3.8, 4) is 22.4 Å². The van der Waals surface area contributed by atoms with Crippen molar-refractivity contribution in [1.29, 1.82) is 0 Å². The Morgan fingerprint density at radius 3 is 2.31 bits per heavy atom. The standard InChI is InChI=1S/C39H35N5O/c45-39-41-31-12-5-7-15-34(31)44(39)29-20-23-42(24-21-29)25-26-16-18-27(19-17-26)35-36-30-11-4-6-14-33(30)43-22-8-13-32(38(36)43)40-37(35)28-9-2-1-3-10-28/h1-7,9-12,14-19,29H,8,13,20-25H2,(H,41,45). The molecule has 5 heterocycles. The third-order valence-electron chi connectivity index (χ3n) is 10.0. The average molecular weight is 590 g/mol. The van der Waals surface area contributed by atoms with Crippen molar-refractivity contribution >= 4 is 32.8 Å². The maximum absolute atomic E-state index is 12.8. The molecule has 0 bridgehead atoms. The molecule has 7 aromatic rings. The van der Waals surface area contributed by atoms with Gasteiger partial charge in [0.2, 0.25) is 0 Å². The molecule has 0 atom stereocenters. The fourth-order valence-electron chi connectivity index (χ4n) is 7.92. The van der Waals surface area contributed by atoms with Crippen molar-refractivity contribution in [2.45, 2.75) is 44.8 Å². The highest BCUT2D eigenvalue weighted by Crippen LogP contribution is 2.44. The summed E-state index contributed by atoms with van der Waals surface area (Å²) >= 11 is 0. The lowest BCUT2D eigenvalue weighted by molar-refractivity contribution is 0.180. The van der Waals surface area contributed by atoms with E-state index < -0.39 is 0 Å². The number of piperidine rings is 1. The van der Waals surface area contributed by atoms with Gasteiger partial charge in [0.25, 0.3) is 0 Å². The number of aryl methyl sites for hydroxylation is 2. The van der Waals surface area contributed by atoms with Gasteiger partial charge in [0, 0.05) is 59.6 Å². The van der Waals surface area contributed by atoms with Crippen LogP contribution in [0.4, 0.5) is 0 Å². The molecule has 0 radical (unpaired) electrons. The Hall–Kier alpha value is -4.94. The first-order valence-electron chi connectivity index (χ1n) is 16.2. The van der Waals surface area contributed by atoms with E-state index in [2.05, 4.69) is 93.3 Å². The van der Waals surface area contributed by atoms with Crippen molar-refractivity contribution < 1.29 is 0 Å². The van der Waals surface area contributed by atoms with E-state index in [4.69, 9.17) is 4.98 Å². The van der Waals surface area contributed by atoms with Gasteiger partial charge in [0.15, 0.2) is 0 Å². The molecule has 0 aliphatic carbocycles. The summed E-state index contributed by atoms with van der Waals surface area (Å²) in [6.45, 7) is 3.89. The molecule has 1 N–H and O–H groups in total. The highest BCUT2D eigenvalue weighted by atomic mass is 16.1. The van der Waals surface area contributed by atoms with Crippen molar-refractivity contribution in [1.82, 2.24) is 24.0 Å². The molecule has 0 spiro atoms. The number of hydrogen-bond donors (Lipinski definition) is 1. The lowest BCUT2D eigenvalue weighted by Crippen LogP contribution is -2.36. The van der Waals surface area contributed by atoms with E-state index in [1.807, 2.05) is 28.8 Å². The first kappa shape index (κ1) is 26.5. The minimum absolute atomic E-state index is 0.00542. The zero-order valence-electron chi connectivity index (χ0n) is 25.2. The molecule has 1 fully saturated rings. The van der Waals surface area contributed by atoms with Crippen LogP contribution in [0.2, 0.25) is 0 Å². The summed E-state index contributed by atoms with van der Waals surface area (Å²) in [5.41, 5.74) is 11.7. The number of imidazole rings is 1. The van der Waals surface area contributed by atoms with Crippen molar-refractivity contribution in [3.05, 3.63) is 125 Å². The van der Waals surface area contributed by atoms with E-state index >= 15 is 0 Å². The van der Waals surface area contributed by atoms with Gasteiger partial charge in [-0.25, -0.2) is 9.78 Å². The Morgan fingerprint density at radius 2 is 1.49 bits per heavy atom. The molecule has 0 amide bonds. The molecule has 4 aromatic carbocycles. The summed E-state index contributed by atoms with van der Waals surface area (Å²) in [6.07, 6.45) is 4.07. The van der Waals surface area contributed by atoms with E-state index in [0.29, 0.717) is 0 Å². The van der Waals surface area contributed by atoms with Gasteiger partial charge >= 0.3 is 5.69 Å². The van der Waals surface area contributed by atoms with Crippen LogP contribution in [0.5, 0.6) is 0 Å². The number of aromatic amines is 1. The summed E-state index contributed by atoms with van der Waals surface area (Å²) in [5.74, 6) is 0. The third-order valence-corrected chi connectivity index (χ3v) is 10.0. The number of fused-ring (bicyclic) bond motifs is 4. The maximum atomic E-state index is 12.8. The number of nitrogens with one attached hydrogen (secondary N) is 1. The summed E-state index contributed by atoms with van der Waals surface area (Å²) < 4.78 is 4.47. The quantitative estimate of drug-likeness (QED) is 0.222. The van der Waals surface area contributed by atoms with Crippen molar-refractivity contribution in [3.63, 3.8) is 0 Å². The molecule has 6 nitrogen and oxygen atoms in total. The van der Waals surface area contributed by atoms with Crippen LogP contribution in [0.3, 0.4) is 0 Å². The minimum atomic E-state index is 0.00542. The summed E-state index contributed by atoms with van der Waals surface area (Å²) in [7, 11) is 0. The molecule has 9 rings (SSSR count). The Labute approximate surface area is 261 Å². The second-order valence-corrected chi connectivity index (χ2v) is 12.7. The van der Waals surface area contributed by atoms with Crippen molar-refractivity contribution in [2.75, 3.05) is 13.1 Å². The number of para-hydroxylation sites is 3. The van der Waals surface area contributed by atoms with Gasteiger partial charge in [-0.15, -0.1) is 0 Å². The Kier molecular flexibility index (Phi) is 6.23. The Balaban J connectivity index is 1.05. The molecule has 1 saturated heterocycles. The van der Waals surface area contributed by atoms with Gasteiger partial charge in [-0.1, -0.05) is 84.9 Å². The van der Waals surface area contributed by atoms with Gasteiger partial charge in [-0.3, -0.25) is 9.47 Å². The second-order valence-electron chi connectivity index (χ2n) is 12.7. The molecule has 0 unspecified atom stereocenters. The van der Waals surface area contributed by atoms with Gasteiger partial charge in [0.1, 0.15) is 0 Å². The smallest absolute Gasteiger partial charge is 0.326 e. The fraction of sp³-hybridized carbons (Fsp3) is 0.231. The van der Waals surface area contributed by atoms with Crippen LogP contribution >= 0.6 is 0 Å². The zero-order chi connectivity index (χ0) is 29.9. The van der Waals surface area contributed by atoms with Crippen LogP contribution in [0, 0.1) is 0 Å². The number of hydrogen-bond acceptors (Lipinski definition) is 3. The number of rotatable bonds is 5. The lowest BCUT2D eigenvalue weighted by Gasteiger charge is -2.32. The van der Waals surface area contributed by atoms with E-state index in [9.17, 15) is 4.79 Å². The molecule has 0 saturated carbocycles. The molecule has 45 heavy (non-hydrogen) atoms. The molecule has 2 aliphatic rings. The topological polar surface area (TPSA) is 58.9 Å². The number of aromatic nitrogens is 4. The lowest BCUT2D eigenvalue weighted by atomic mass is 9.92. The molecule has 6 heteroatoms. The van der Waals surface area contributed by atoms with Gasteiger partial charge in [-0.2, -0.15) is 0 Å². The van der Waals surface area contributed by atoms with E-state index in [1.54, 1.807) is 0 Å². The zero-order valence-corrected chi connectivity index (χ0v) is 25.2. The van der Waals surface area contributed by atoms with Gasteiger partial charge in [-0.05, 0) is 55.0 Å². The van der Waals surface area contributed by atoms with Crippen LogP contribution in [0.15, 0.2) is 108 Å². The average Bonchev–Trinajstić information content (AvgIpc) is 3.61. The van der Waals surface area contributed by atoms with E-state index in [0.717, 1.165) is 74.2 Å². The van der Waals surface area contributed by atoms with Crippen molar-refractivity contribution in [2.24, 2.45) is 0 Å². The normalized spacial score (nSPS) is 15.8. The van der Waals surface area contributed by atoms with Crippen LogP contribution in [-0.4, -0.2) is 37.1 Å². The van der Waals surface area contributed by atoms with E-state index in [-0.39, 0.29) is 11.7 Å². The first-order chi connectivity index (χ1) is 22.2. The third kappa shape index (κ3) is 4.35. The van der Waals surface area contributed by atoms with Gasteiger partial charge < -0.3 is 9.55 Å². The number of nitrogens with zero attached hydrogens (tertiary/aromatic N) is 4. The van der Waals surface area contributed by atoms with Crippen LogP contribution in [0.25, 0.3) is 55.2 Å². The van der Waals surface area contributed by atoms with E-state index in [1.165, 1.54) is 44.2 Å². The monoisotopic (exact) mass is 589 g/mol. The predicted molar refractivity (Wildman–Crippen MR) is 183 cm³/mol. The molecule has 2 aliphatic heterocycles. The summed E-state index contributed by atoms with van der Waals surface area (Å²) in [6, 6.07) is 37.0. The Bertz CT molecular complexity index is 2250.